The van der Waals surface area contributed by atoms with Crippen LogP contribution in [0.3, 0.4) is 0 Å². The van der Waals surface area contributed by atoms with Crippen LogP contribution >= 0.6 is 0 Å². The van der Waals surface area contributed by atoms with E-state index in [-0.39, 0.29) is 10.7 Å². The maximum Gasteiger partial charge on any atom is 0.322 e. The molecule has 5 rings (SSSR count). The molecular weight excluding hydrogens is 558 g/mol. The number of carbonyl (C=O) groups is 2. The van der Waals surface area contributed by atoms with Crippen LogP contribution in [0, 0.1) is 19.8 Å². The van der Waals surface area contributed by atoms with Gasteiger partial charge in [-0.3, -0.25) is 9.59 Å². The second kappa shape index (κ2) is 11.3. The fraction of sp³-hybridized carbons (Fsp3) is 0.194. The summed E-state index contributed by atoms with van der Waals surface area (Å²) in [6, 6.07) is 19.3. The van der Waals surface area contributed by atoms with Crippen LogP contribution in [-0.4, -0.2) is 36.6 Å². The Morgan fingerprint density at radius 3 is 2.14 bits per heavy atom. The summed E-state index contributed by atoms with van der Waals surface area (Å²) >= 11 is 0. The van der Waals surface area contributed by atoms with Gasteiger partial charge in [0.15, 0.2) is 11.5 Å². The smallest absolute Gasteiger partial charge is 0.322 e. The van der Waals surface area contributed by atoms with Crippen LogP contribution in [0.1, 0.15) is 35.7 Å². The number of hydrogen-bond acceptors (Lipinski definition) is 7. The maximum atomic E-state index is 13.2. The van der Waals surface area contributed by atoms with Crippen LogP contribution in [0.15, 0.2) is 86.6 Å². The Hall–Kier alpha value is -4.74. The highest BCUT2D eigenvalue weighted by atomic mass is 32.2. The molecule has 42 heavy (non-hydrogen) atoms. The number of anilines is 1. The fourth-order valence-corrected chi connectivity index (χ4v) is 6.02. The van der Waals surface area contributed by atoms with Crippen molar-refractivity contribution in [2.45, 2.75) is 38.6 Å². The largest absolute Gasteiger partial charge is 0.480 e. The van der Waals surface area contributed by atoms with Gasteiger partial charge in [0.1, 0.15) is 11.6 Å². The van der Waals surface area contributed by atoms with Gasteiger partial charge in [0.25, 0.3) is 5.91 Å². The Morgan fingerprint density at radius 1 is 0.929 bits per heavy atom. The number of carbonyl (C=O) groups excluding carboxylic acids is 1. The van der Waals surface area contributed by atoms with Gasteiger partial charge in [0.05, 0.1) is 10.6 Å². The average Bonchev–Trinajstić information content (AvgIpc) is 3.55. The molecule has 0 aliphatic heterocycles. The number of sulfonamides is 1. The second-order valence-corrected chi connectivity index (χ2v) is 12.0. The summed E-state index contributed by atoms with van der Waals surface area (Å²) in [5.74, 6) is -1.29. The topological polar surface area (TPSA) is 152 Å². The first-order valence-electron chi connectivity index (χ1n) is 13.2. The van der Waals surface area contributed by atoms with Crippen LogP contribution in [-0.2, 0) is 14.8 Å². The maximum absolute atomic E-state index is 13.2. The summed E-state index contributed by atoms with van der Waals surface area (Å²) in [6.07, 6.45) is 0. The van der Waals surface area contributed by atoms with Gasteiger partial charge in [-0.25, -0.2) is 8.42 Å². The van der Waals surface area contributed by atoms with E-state index in [1.165, 1.54) is 12.1 Å². The van der Waals surface area contributed by atoms with Crippen molar-refractivity contribution in [3.05, 3.63) is 89.8 Å². The van der Waals surface area contributed by atoms with Gasteiger partial charge in [0, 0.05) is 28.3 Å². The number of hydrogen-bond donors (Lipinski definition) is 3. The minimum atomic E-state index is -4.02. The summed E-state index contributed by atoms with van der Waals surface area (Å²) in [5, 5.41) is 16.9. The van der Waals surface area contributed by atoms with Crippen LogP contribution < -0.4 is 10.0 Å². The zero-order chi connectivity index (χ0) is 30.2. The predicted octanol–water partition coefficient (Wildman–Crippen LogP) is 6.01. The fourth-order valence-electron chi connectivity index (χ4n) is 4.68. The van der Waals surface area contributed by atoms with Crippen molar-refractivity contribution >= 4 is 38.6 Å². The van der Waals surface area contributed by atoms with Gasteiger partial charge < -0.3 is 19.4 Å². The van der Waals surface area contributed by atoms with Crippen molar-refractivity contribution in [1.29, 1.82) is 0 Å². The molecule has 3 aromatic carbocycles. The number of benzene rings is 3. The molecule has 0 saturated carbocycles. The highest BCUT2D eigenvalue weighted by Gasteiger charge is 2.28. The number of furan rings is 1. The van der Waals surface area contributed by atoms with E-state index < -0.39 is 33.9 Å². The highest BCUT2D eigenvalue weighted by Crippen LogP contribution is 2.35. The normalized spacial score (nSPS) is 12.5. The molecule has 0 aliphatic rings. The van der Waals surface area contributed by atoms with Crippen LogP contribution in [0.25, 0.3) is 33.4 Å². The highest BCUT2D eigenvalue weighted by molar-refractivity contribution is 7.89. The number of fused-ring (bicyclic) bond motifs is 1. The molecule has 216 valence electrons. The van der Waals surface area contributed by atoms with Gasteiger partial charge in [-0.15, -0.1) is 0 Å². The number of carboxylic acids is 1. The molecule has 0 saturated heterocycles. The molecule has 1 atom stereocenters. The molecule has 1 unspecified atom stereocenters. The van der Waals surface area contributed by atoms with Crippen molar-refractivity contribution in [2.24, 2.45) is 5.92 Å². The molecule has 0 fully saturated rings. The summed E-state index contributed by atoms with van der Waals surface area (Å²) in [4.78, 5) is 24.6. The second-order valence-electron chi connectivity index (χ2n) is 10.3. The lowest BCUT2D eigenvalue weighted by Crippen LogP contribution is -2.44. The number of aryl methyl sites for hydroxylation is 2. The van der Waals surface area contributed by atoms with Gasteiger partial charge in [0.2, 0.25) is 10.0 Å². The van der Waals surface area contributed by atoms with E-state index in [0.717, 1.165) is 27.8 Å². The quantitative estimate of drug-likeness (QED) is 0.190. The number of nitrogens with zero attached hydrogens (tertiary/aromatic N) is 1. The van der Waals surface area contributed by atoms with E-state index in [1.54, 1.807) is 56.3 Å². The SMILES string of the molecule is Cc1cc(-c2cccc3oc(C(=O)Nc4ccc(-c5ccc(S(=O)(=O)NC(C(=O)O)C(C)C)cc5)cc4)c(C)c23)on1. The Balaban J connectivity index is 1.32. The molecule has 2 aromatic heterocycles. The van der Waals surface area contributed by atoms with E-state index in [9.17, 15) is 23.1 Å². The molecule has 10 nitrogen and oxygen atoms in total. The summed E-state index contributed by atoms with van der Waals surface area (Å²) in [6.45, 7) is 6.92. The first-order chi connectivity index (χ1) is 19.9. The molecular formula is C31H29N3O7S. The molecule has 0 radical (unpaired) electrons. The van der Waals surface area contributed by atoms with Crippen LogP contribution in [0.4, 0.5) is 5.69 Å². The molecule has 11 heteroatoms. The Labute approximate surface area is 242 Å². The minimum absolute atomic E-state index is 0.0372. The summed E-state index contributed by atoms with van der Waals surface area (Å²) < 4.78 is 39.0. The van der Waals surface area contributed by atoms with Crippen molar-refractivity contribution < 1.29 is 32.1 Å². The van der Waals surface area contributed by atoms with Gasteiger partial charge in [-0.2, -0.15) is 4.72 Å². The average molecular weight is 588 g/mol. The molecule has 3 N–H and O–H groups in total. The number of aromatic nitrogens is 1. The Morgan fingerprint density at radius 2 is 1.57 bits per heavy atom. The molecule has 1 amide bonds. The standard InChI is InChI=1S/C31H29N3O7S/c1-17(2)28(31(36)37)34-42(38,39)23-14-10-21(11-15-23)20-8-12-22(13-9-20)32-30(35)29-19(4)27-24(6-5-7-25(27)40-29)26-16-18(3)33-41-26/h5-17,28,34H,1-4H3,(H,32,35)(H,36,37). The van der Waals surface area contributed by atoms with E-state index in [4.69, 9.17) is 8.94 Å². The first-order valence-corrected chi connectivity index (χ1v) is 14.7. The van der Waals surface area contributed by atoms with Crippen molar-refractivity contribution in [3.8, 4) is 22.5 Å². The van der Waals surface area contributed by atoms with E-state index in [0.29, 0.717) is 22.6 Å². The van der Waals surface area contributed by atoms with Crippen molar-refractivity contribution in [1.82, 2.24) is 9.88 Å². The number of rotatable bonds is 9. The van der Waals surface area contributed by atoms with Gasteiger partial charge in [-0.05, 0) is 61.2 Å². The minimum Gasteiger partial charge on any atom is -0.480 e. The van der Waals surface area contributed by atoms with Gasteiger partial charge in [-0.1, -0.05) is 55.4 Å². The number of amides is 1. The lowest BCUT2D eigenvalue weighted by Gasteiger charge is -2.18. The zero-order valence-corrected chi connectivity index (χ0v) is 24.2. The summed E-state index contributed by atoms with van der Waals surface area (Å²) in [7, 11) is -4.02. The Bertz CT molecular complexity index is 1890. The van der Waals surface area contributed by atoms with E-state index >= 15 is 0 Å². The summed E-state index contributed by atoms with van der Waals surface area (Å²) in [5.41, 5.74) is 4.86. The molecule has 5 aromatic rings. The van der Waals surface area contributed by atoms with E-state index in [2.05, 4.69) is 15.2 Å². The molecule has 0 bridgehead atoms. The third kappa shape index (κ3) is 5.69. The van der Waals surface area contributed by atoms with Crippen LogP contribution in [0.5, 0.6) is 0 Å². The molecule has 2 heterocycles. The zero-order valence-electron chi connectivity index (χ0n) is 23.3. The predicted molar refractivity (Wildman–Crippen MR) is 158 cm³/mol. The number of carboxylic acid groups (broad SMARTS) is 1. The third-order valence-corrected chi connectivity index (χ3v) is 8.37. The molecule has 0 spiro atoms. The van der Waals surface area contributed by atoms with E-state index in [1.807, 2.05) is 32.0 Å². The lowest BCUT2D eigenvalue weighted by atomic mass is 10.0. The lowest BCUT2D eigenvalue weighted by molar-refractivity contribution is -0.140. The van der Waals surface area contributed by atoms with Crippen molar-refractivity contribution in [2.75, 3.05) is 5.32 Å². The van der Waals surface area contributed by atoms with Gasteiger partial charge >= 0.3 is 5.97 Å². The number of nitrogens with one attached hydrogen (secondary N) is 2. The van der Waals surface area contributed by atoms with Crippen LogP contribution in [0.2, 0.25) is 0 Å². The molecule has 0 aliphatic carbocycles. The number of aliphatic carboxylic acids is 1. The Kier molecular flexibility index (Phi) is 7.72. The first kappa shape index (κ1) is 28.8. The third-order valence-electron chi connectivity index (χ3n) is 6.91. The van der Waals surface area contributed by atoms with Crippen molar-refractivity contribution in [3.63, 3.8) is 0 Å². The monoisotopic (exact) mass is 587 g/mol.